The lowest BCUT2D eigenvalue weighted by molar-refractivity contribution is -0.151. The quantitative estimate of drug-likeness (QED) is 0.814. The molecule has 2 unspecified atom stereocenters. The highest BCUT2D eigenvalue weighted by atomic mass is 28.4. The summed E-state index contributed by atoms with van der Waals surface area (Å²) in [5.41, 5.74) is -0.989. The van der Waals surface area contributed by atoms with E-state index in [4.69, 9.17) is 13.9 Å². The van der Waals surface area contributed by atoms with Gasteiger partial charge < -0.3 is 19.0 Å². The highest BCUT2D eigenvalue weighted by molar-refractivity contribution is 6.74. The summed E-state index contributed by atoms with van der Waals surface area (Å²) >= 11 is 0. The van der Waals surface area contributed by atoms with Crippen LogP contribution in [0.2, 0.25) is 18.1 Å². The van der Waals surface area contributed by atoms with Gasteiger partial charge in [0.1, 0.15) is 6.10 Å². The molecule has 0 amide bonds. The molecule has 1 saturated heterocycles. The molecule has 3 rings (SSSR count). The molecule has 1 aliphatic heterocycles. The Morgan fingerprint density at radius 1 is 1.20 bits per heavy atom. The number of methoxy groups -OCH3 is 1. The molecule has 3 fully saturated rings. The Hall–Kier alpha value is 0.0569. The van der Waals surface area contributed by atoms with E-state index >= 15 is 0 Å². The van der Waals surface area contributed by atoms with Gasteiger partial charge in [0.25, 0.3) is 0 Å². The second kappa shape index (κ2) is 4.07. The Morgan fingerprint density at radius 2 is 1.85 bits per heavy atom. The Morgan fingerprint density at radius 3 is 2.40 bits per heavy atom. The molecular formula is C15H28O4Si. The average molecular weight is 300 g/mol. The van der Waals surface area contributed by atoms with Gasteiger partial charge in [0.15, 0.2) is 14.6 Å². The van der Waals surface area contributed by atoms with Crippen molar-refractivity contribution in [2.45, 2.75) is 81.8 Å². The minimum Gasteiger partial charge on any atom is -0.408 e. The lowest BCUT2D eigenvalue weighted by atomic mass is 9.93. The monoisotopic (exact) mass is 300 g/mol. The molecule has 116 valence electrons. The van der Waals surface area contributed by atoms with E-state index < -0.39 is 13.9 Å². The van der Waals surface area contributed by atoms with Gasteiger partial charge in [-0.05, 0) is 36.9 Å². The van der Waals surface area contributed by atoms with Crippen molar-refractivity contribution in [3.05, 3.63) is 0 Å². The van der Waals surface area contributed by atoms with Crippen LogP contribution in [0.3, 0.4) is 0 Å². The fourth-order valence-electron chi connectivity index (χ4n) is 3.75. The average Bonchev–Trinajstić information content (AvgIpc) is 2.73. The Labute approximate surface area is 122 Å². The van der Waals surface area contributed by atoms with Crippen molar-refractivity contribution in [2.75, 3.05) is 7.11 Å². The van der Waals surface area contributed by atoms with Crippen molar-refractivity contribution in [3.8, 4) is 0 Å². The second-order valence-electron chi connectivity index (χ2n) is 8.41. The van der Waals surface area contributed by atoms with Gasteiger partial charge in [-0.3, -0.25) is 0 Å². The predicted molar refractivity (Wildman–Crippen MR) is 79.0 cm³/mol. The second-order valence-corrected chi connectivity index (χ2v) is 13.1. The van der Waals surface area contributed by atoms with E-state index in [-0.39, 0.29) is 23.0 Å². The highest BCUT2D eigenvalue weighted by Crippen LogP contribution is 2.67. The minimum atomic E-state index is -1.86. The predicted octanol–water partition coefficient (Wildman–Crippen LogP) is 2.66. The molecule has 0 aromatic rings. The summed E-state index contributed by atoms with van der Waals surface area (Å²) in [5, 5.41) is 11.0. The van der Waals surface area contributed by atoms with Crippen LogP contribution in [-0.4, -0.2) is 44.1 Å². The topological polar surface area (TPSA) is 47.9 Å². The molecule has 1 N–H and O–H groups in total. The van der Waals surface area contributed by atoms with E-state index in [2.05, 4.69) is 33.9 Å². The lowest BCUT2D eigenvalue weighted by Crippen LogP contribution is -2.51. The zero-order valence-corrected chi connectivity index (χ0v) is 14.5. The van der Waals surface area contributed by atoms with Crippen molar-refractivity contribution in [1.29, 1.82) is 0 Å². The molecule has 0 aromatic heterocycles. The van der Waals surface area contributed by atoms with Gasteiger partial charge in [-0.2, -0.15) is 0 Å². The third kappa shape index (κ3) is 1.94. The van der Waals surface area contributed by atoms with Gasteiger partial charge in [0.05, 0.1) is 11.2 Å². The van der Waals surface area contributed by atoms with Gasteiger partial charge in [0, 0.05) is 13.5 Å². The van der Waals surface area contributed by atoms with Crippen molar-refractivity contribution in [2.24, 2.45) is 5.92 Å². The zero-order chi connectivity index (χ0) is 15.0. The van der Waals surface area contributed by atoms with E-state index in [9.17, 15) is 5.11 Å². The molecule has 5 atom stereocenters. The SMILES string of the molecule is COC1C[C@@]2(O)CC3C[C@]3(O[Si](C)(C)C(C)(C)C)[C@H]2O1. The molecule has 2 saturated carbocycles. The maximum absolute atomic E-state index is 10.8. The van der Waals surface area contributed by atoms with Crippen LogP contribution in [0.25, 0.3) is 0 Å². The molecule has 4 nitrogen and oxygen atoms in total. The first kappa shape index (κ1) is 15.0. The van der Waals surface area contributed by atoms with Gasteiger partial charge >= 0.3 is 0 Å². The standard InChI is InChI=1S/C15H28O4Si/c1-13(2,3)20(5,6)19-15-8-10(15)7-14(16)9-11(17-4)18-12(14)15/h10-12,16H,7-9H2,1-6H3/t10?,11?,12-,14-,15+/m0/s1. The molecule has 0 aromatic carbocycles. The number of ether oxygens (including phenoxy) is 2. The Bertz CT molecular complexity index is 419. The number of hydrogen-bond acceptors (Lipinski definition) is 4. The molecule has 0 spiro atoms. The first-order valence-corrected chi connectivity index (χ1v) is 10.6. The minimum absolute atomic E-state index is 0.175. The maximum atomic E-state index is 10.8. The number of fused-ring (bicyclic) bond motifs is 3. The van der Waals surface area contributed by atoms with Crippen molar-refractivity contribution >= 4 is 8.32 Å². The van der Waals surface area contributed by atoms with E-state index in [0.717, 1.165) is 12.8 Å². The molecule has 2 aliphatic carbocycles. The summed E-state index contributed by atoms with van der Waals surface area (Å²) in [6.07, 6.45) is 1.91. The van der Waals surface area contributed by atoms with Crippen LogP contribution in [-0.2, 0) is 13.9 Å². The maximum Gasteiger partial charge on any atom is 0.192 e. The van der Waals surface area contributed by atoms with Gasteiger partial charge in [0.2, 0.25) is 0 Å². The van der Waals surface area contributed by atoms with Crippen molar-refractivity contribution in [1.82, 2.24) is 0 Å². The summed E-state index contributed by atoms with van der Waals surface area (Å²) in [6.45, 7) is 11.3. The number of hydrogen-bond donors (Lipinski definition) is 1. The van der Waals surface area contributed by atoms with E-state index in [1.165, 1.54) is 0 Å². The normalized spacial score (nSPS) is 47.2. The Kier molecular flexibility index (Phi) is 3.05. The third-order valence-corrected chi connectivity index (χ3v) is 10.5. The lowest BCUT2D eigenvalue weighted by Gasteiger charge is -2.41. The number of rotatable bonds is 3. The summed E-state index contributed by atoms with van der Waals surface area (Å²) in [4.78, 5) is 0. The van der Waals surface area contributed by atoms with Crippen LogP contribution >= 0.6 is 0 Å². The summed E-state index contributed by atoms with van der Waals surface area (Å²) in [7, 11) is -0.218. The molecule has 0 bridgehead atoms. The van der Waals surface area contributed by atoms with Crippen molar-refractivity contribution in [3.63, 3.8) is 0 Å². The van der Waals surface area contributed by atoms with Crippen LogP contribution in [0.5, 0.6) is 0 Å². The summed E-state index contributed by atoms with van der Waals surface area (Å²) in [6, 6.07) is 0. The van der Waals surface area contributed by atoms with E-state index in [1.807, 2.05) is 0 Å². The fraction of sp³-hybridized carbons (Fsp3) is 1.00. The largest absolute Gasteiger partial charge is 0.408 e. The van der Waals surface area contributed by atoms with Gasteiger partial charge in [-0.25, -0.2) is 0 Å². The first-order valence-electron chi connectivity index (χ1n) is 7.65. The molecule has 5 heteroatoms. The highest BCUT2D eigenvalue weighted by Gasteiger charge is 2.77. The molecule has 0 radical (unpaired) electrons. The molecule has 1 heterocycles. The molecular weight excluding hydrogens is 272 g/mol. The molecule has 20 heavy (non-hydrogen) atoms. The third-order valence-electron chi connectivity index (χ3n) is 5.95. The summed E-state index contributed by atoms with van der Waals surface area (Å²) < 4.78 is 18.0. The van der Waals surface area contributed by atoms with Crippen LogP contribution in [0.1, 0.15) is 40.0 Å². The van der Waals surface area contributed by atoms with Crippen molar-refractivity contribution < 1.29 is 19.0 Å². The first-order chi connectivity index (χ1) is 9.04. The van der Waals surface area contributed by atoms with Crippen LogP contribution < -0.4 is 0 Å². The van der Waals surface area contributed by atoms with E-state index in [1.54, 1.807) is 7.11 Å². The van der Waals surface area contributed by atoms with E-state index in [0.29, 0.717) is 12.3 Å². The summed E-state index contributed by atoms with van der Waals surface area (Å²) in [5.74, 6) is 0.462. The van der Waals surface area contributed by atoms with Crippen LogP contribution in [0.15, 0.2) is 0 Å². The van der Waals surface area contributed by atoms with Crippen LogP contribution in [0, 0.1) is 5.92 Å². The number of aliphatic hydroxyl groups is 1. The van der Waals surface area contributed by atoms with Gasteiger partial charge in [-0.1, -0.05) is 20.8 Å². The Balaban J connectivity index is 1.82. The fourth-order valence-corrected chi connectivity index (χ4v) is 5.36. The smallest absolute Gasteiger partial charge is 0.192 e. The van der Waals surface area contributed by atoms with Gasteiger partial charge in [-0.15, -0.1) is 0 Å². The molecule has 3 aliphatic rings. The zero-order valence-electron chi connectivity index (χ0n) is 13.5. The van der Waals surface area contributed by atoms with Crippen LogP contribution in [0.4, 0.5) is 0 Å².